The average Bonchev–Trinajstić information content (AvgIpc) is 3.49. The van der Waals surface area contributed by atoms with Crippen molar-refractivity contribution in [1.82, 2.24) is 9.55 Å². The van der Waals surface area contributed by atoms with Gasteiger partial charge in [-0.3, -0.25) is 0 Å². The largest absolute Gasteiger partial charge is 0.497 e. The van der Waals surface area contributed by atoms with Crippen molar-refractivity contribution in [3.8, 4) is 17.0 Å². The second-order valence-electron chi connectivity index (χ2n) is 7.85. The van der Waals surface area contributed by atoms with E-state index < -0.39 is 0 Å². The lowest BCUT2D eigenvalue weighted by Crippen LogP contribution is -1.97. The molecule has 1 atom stereocenters. The third-order valence-electron chi connectivity index (χ3n) is 5.66. The van der Waals surface area contributed by atoms with Gasteiger partial charge in [0.05, 0.1) is 18.8 Å². The van der Waals surface area contributed by atoms with Crippen LogP contribution in [0.1, 0.15) is 24.1 Å². The maximum atomic E-state index is 5.23. The number of rotatable bonds is 7. The van der Waals surface area contributed by atoms with Crippen LogP contribution in [-0.2, 0) is 6.54 Å². The topological polar surface area (TPSA) is 51.8 Å². The summed E-state index contributed by atoms with van der Waals surface area (Å²) in [6.45, 7) is 2.90. The third-order valence-corrected chi connectivity index (χ3v) is 6.38. The van der Waals surface area contributed by atoms with Crippen molar-refractivity contribution < 1.29 is 4.74 Å². The molecule has 3 aromatic carbocycles. The summed E-state index contributed by atoms with van der Waals surface area (Å²) in [4.78, 5) is 4.64. The Kier molecular flexibility index (Phi) is 6.00. The van der Waals surface area contributed by atoms with E-state index in [1.54, 1.807) is 7.11 Å². The van der Waals surface area contributed by atoms with Crippen molar-refractivity contribution >= 4 is 27.4 Å². The molecule has 164 valence electrons. The van der Waals surface area contributed by atoms with Gasteiger partial charge in [0.25, 0.3) is 0 Å². The van der Waals surface area contributed by atoms with E-state index in [9.17, 15) is 0 Å². The standard InChI is InChI=1S/C27H24N4OS/c1-19(29-30-27-28-25(18-33-27)21-12-14-22(32-2)15-13-21)24-17-31(16-20-8-4-3-5-9-20)26-11-7-6-10-23(24)26/h3-15,17-19H,16H2,1-2H3. The molecule has 0 N–H and O–H groups in total. The number of benzene rings is 3. The number of methoxy groups -OCH3 is 1. The minimum absolute atomic E-state index is 0.0831. The molecule has 5 aromatic rings. The van der Waals surface area contributed by atoms with Gasteiger partial charge in [0, 0.05) is 40.2 Å². The molecule has 0 fully saturated rings. The van der Waals surface area contributed by atoms with Gasteiger partial charge >= 0.3 is 0 Å². The Morgan fingerprint density at radius 3 is 2.52 bits per heavy atom. The lowest BCUT2D eigenvalue weighted by Gasteiger charge is -2.05. The van der Waals surface area contributed by atoms with E-state index in [2.05, 4.69) is 81.4 Å². The number of thiazole rings is 1. The minimum atomic E-state index is -0.0831. The predicted octanol–water partition coefficient (Wildman–Crippen LogP) is 7.67. The Bertz CT molecular complexity index is 1390. The summed E-state index contributed by atoms with van der Waals surface area (Å²) < 4.78 is 7.52. The van der Waals surface area contributed by atoms with E-state index in [1.807, 2.05) is 35.7 Å². The fraction of sp³-hybridized carbons (Fsp3) is 0.148. The number of ether oxygens (including phenoxy) is 1. The molecule has 33 heavy (non-hydrogen) atoms. The molecule has 1 unspecified atom stereocenters. The van der Waals surface area contributed by atoms with Crippen molar-refractivity contribution in [3.05, 3.63) is 102 Å². The van der Waals surface area contributed by atoms with Crippen molar-refractivity contribution in [3.63, 3.8) is 0 Å². The Hall–Kier alpha value is -3.77. The highest BCUT2D eigenvalue weighted by atomic mass is 32.1. The molecule has 0 amide bonds. The van der Waals surface area contributed by atoms with Crippen LogP contribution in [0.5, 0.6) is 5.75 Å². The highest BCUT2D eigenvalue weighted by Gasteiger charge is 2.14. The van der Waals surface area contributed by atoms with E-state index >= 15 is 0 Å². The molecule has 2 heterocycles. The quantitative estimate of drug-likeness (QED) is 0.238. The monoisotopic (exact) mass is 452 g/mol. The zero-order valence-corrected chi connectivity index (χ0v) is 19.4. The van der Waals surface area contributed by atoms with E-state index in [0.717, 1.165) is 29.1 Å². The Balaban J connectivity index is 1.38. The Labute approximate surface area is 197 Å². The van der Waals surface area contributed by atoms with Gasteiger partial charge in [-0.1, -0.05) is 48.5 Å². The van der Waals surface area contributed by atoms with Gasteiger partial charge in [-0.05, 0) is 42.8 Å². The van der Waals surface area contributed by atoms with Gasteiger partial charge in [-0.25, -0.2) is 4.98 Å². The van der Waals surface area contributed by atoms with Gasteiger partial charge < -0.3 is 9.30 Å². The lowest BCUT2D eigenvalue weighted by atomic mass is 10.1. The lowest BCUT2D eigenvalue weighted by molar-refractivity contribution is 0.415. The zero-order chi connectivity index (χ0) is 22.6. The first-order valence-corrected chi connectivity index (χ1v) is 11.7. The summed E-state index contributed by atoms with van der Waals surface area (Å²) in [5, 5.41) is 12.9. The van der Waals surface area contributed by atoms with Crippen LogP contribution in [0.3, 0.4) is 0 Å². The summed E-state index contributed by atoms with van der Waals surface area (Å²) in [6, 6.07) is 26.8. The van der Waals surface area contributed by atoms with Crippen LogP contribution in [-0.4, -0.2) is 16.7 Å². The van der Waals surface area contributed by atoms with Crippen LogP contribution < -0.4 is 4.74 Å². The van der Waals surface area contributed by atoms with Crippen LogP contribution >= 0.6 is 11.3 Å². The summed E-state index contributed by atoms with van der Waals surface area (Å²) >= 11 is 1.49. The SMILES string of the molecule is COc1ccc(-c2csc(N=NC(C)c3cn(Cc4ccccc4)c4ccccc34)n2)cc1. The first-order valence-electron chi connectivity index (χ1n) is 10.8. The second kappa shape index (κ2) is 9.38. The fourth-order valence-corrected chi connectivity index (χ4v) is 4.57. The van der Waals surface area contributed by atoms with Crippen molar-refractivity contribution in [2.75, 3.05) is 7.11 Å². The van der Waals surface area contributed by atoms with Crippen LogP contribution in [0.2, 0.25) is 0 Å². The van der Waals surface area contributed by atoms with Gasteiger partial charge in [0.2, 0.25) is 5.13 Å². The number of aromatic nitrogens is 2. The summed E-state index contributed by atoms with van der Waals surface area (Å²) in [7, 11) is 1.66. The highest BCUT2D eigenvalue weighted by Crippen LogP contribution is 2.32. The van der Waals surface area contributed by atoms with E-state index in [4.69, 9.17) is 4.74 Å². The van der Waals surface area contributed by atoms with E-state index in [1.165, 1.54) is 27.8 Å². The molecule has 0 bridgehead atoms. The average molecular weight is 453 g/mol. The zero-order valence-electron chi connectivity index (χ0n) is 18.6. The van der Waals surface area contributed by atoms with Gasteiger partial charge in [-0.15, -0.1) is 16.5 Å². The van der Waals surface area contributed by atoms with Crippen LogP contribution in [0, 0.1) is 0 Å². The molecule has 0 saturated heterocycles. The first-order chi connectivity index (χ1) is 16.2. The van der Waals surface area contributed by atoms with E-state index in [-0.39, 0.29) is 6.04 Å². The molecule has 2 aromatic heterocycles. The van der Waals surface area contributed by atoms with Crippen LogP contribution in [0.4, 0.5) is 5.13 Å². The molecule has 0 aliphatic carbocycles. The van der Waals surface area contributed by atoms with E-state index in [0.29, 0.717) is 5.13 Å². The number of hydrogen-bond acceptors (Lipinski definition) is 5. The summed E-state index contributed by atoms with van der Waals surface area (Å²) in [5.74, 6) is 0.828. The minimum Gasteiger partial charge on any atom is -0.497 e. The number of hydrogen-bond donors (Lipinski definition) is 0. The molecular formula is C27H24N4OS. The van der Waals surface area contributed by atoms with Crippen molar-refractivity contribution in [2.45, 2.75) is 19.5 Å². The summed E-state index contributed by atoms with van der Waals surface area (Å²) in [5.41, 5.74) is 5.56. The molecule has 0 spiro atoms. The molecule has 0 aliphatic rings. The van der Waals surface area contributed by atoms with Gasteiger partial charge in [-0.2, -0.15) is 5.11 Å². The molecule has 5 rings (SSSR count). The van der Waals surface area contributed by atoms with Crippen molar-refractivity contribution in [2.24, 2.45) is 10.2 Å². The van der Waals surface area contributed by atoms with Gasteiger partial charge in [0.15, 0.2) is 0 Å². The maximum Gasteiger partial charge on any atom is 0.230 e. The molecule has 6 heteroatoms. The van der Waals surface area contributed by atoms with Crippen LogP contribution in [0.15, 0.2) is 101 Å². The normalized spacial score (nSPS) is 12.4. The summed E-state index contributed by atoms with van der Waals surface area (Å²) in [6.07, 6.45) is 2.20. The highest BCUT2D eigenvalue weighted by molar-refractivity contribution is 7.13. The molecule has 0 aliphatic heterocycles. The van der Waals surface area contributed by atoms with Crippen molar-refractivity contribution in [1.29, 1.82) is 0 Å². The molecule has 0 radical (unpaired) electrons. The molecular weight excluding hydrogens is 428 g/mol. The smallest absolute Gasteiger partial charge is 0.230 e. The number of azo groups is 1. The Morgan fingerprint density at radius 2 is 1.73 bits per heavy atom. The Morgan fingerprint density at radius 1 is 0.970 bits per heavy atom. The molecule has 5 nitrogen and oxygen atoms in total. The number of para-hydroxylation sites is 1. The third kappa shape index (κ3) is 4.56. The predicted molar refractivity (Wildman–Crippen MR) is 135 cm³/mol. The van der Waals surface area contributed by atoms with Crippen LogP contribution in [0.25, 0.3) is 22.2 Å². The second-order valence-corrected chi connectivity index (χ2v) is 8.69. The molecule has 0 saturated carbocycles. The first kappa shape index (κ1) is 21.1. The van der Waals surface area contributed by atoms with Gasteiger partial charge in [0.1, 0.15) is 5.75 Å². The fourth-order valence-electron chi connectivity index (χ4n) is 3.92. The maximum absolute atomic E-state index is 5.23. The number of nitrogens with zero attached hydrogens (tertiary/aromatic N) is 4. The number of fused-ring (bicyclic) bond motifs is 1.